The fourth-order valence-electron chi connectivity index (χ4n) is 2.69. The van der Waals surface area contributed by atoms with Crippen LogP contribution < -0.4 is 5.32 Å². The van der Waals surface area contributed by atoms with Crippen LogP contribution in [0.2, 0.25) is 0 Å². The zero-order valence-electron chi connectivity index (χ0n) is 8.26. The Morgan fingerprint density at radius 3 is 2.15 bits per heavy atom. The molecular weight excluding hydrogens is 186 g/mol. The summed E-state index contributed by atoms with van der Waals surface area (Å²) >= 11 is 0. The van der Waals surface area contributed by atoms with E-state index in [1.807, 2.05) is 7.05 Å². The second-order valence-corrected chi connectivity index (χ2v) is 7.25. The van der Waals surface area contributed by atoms with Gasteiger partial charge in [0.05, 0.1) is 4.75 Å². The third-order valence-corrected chi connectivity index (χ3v) is 5.64. The van der Waals surface area contributed by atoms with Crippen molar-refractivity contribution in [2.75, 3.05) is 19.8 Å². The van der Waals surface area contributed by atoms with E-state index in [4.69, 9.17) is 0 Å². The van der Waals surface area contributed by atoms with E-state index in [0.717, 1.165) is 12.8 Å². The largest absolute Gasteiger partial charge is 0.318 e. The molecule has 0 radical (unpaired) electrons. The van der Waals surface area contributed by atoms with E-state index in [1.54, 1.807) is 0 Å². The lowest BCUT2D eigenvalue weighted by Gasteiger charge is -2.47. The Hall–Kier alpha value is -0.0900. The molecule has 2 rings (SSSR count). The van der Waals surface area contributed by atoms with Crippen LogP contribution in [-0.4, -0.2) is 33.0 Å². The molecule has 0 atom stereocenters. The van der Waals surface area contributed by atoms with Crippen LogP contribution >= 0.6 is 0 Å². The molecule has 4 heteroatoms. The number of hydrogen-bond donors (Lipinski definition) is 1. The Balaban J connectivity index is 2.15. The first-order chi connectivity index (χ1) is 5.93. The normalized spacial score (nSPS) is 28.5. The smallest absolute Gasteiger partial charge is 0.154 e. The minimum Gasteiger partial charge on any atom is -0.318 e. The highest BCUT2D eigenvalue weighted by atomic mass is 32.2. The molecule has 0 saturated heterocycles. The molecule has 0 heterocycles. The van der Waals surface area contributed by atoms with Crippen LogP contribution in [0.4, 0.5) is 0 Å². The van der Waals surface area contributed by atoms with Crippen molar-refractivity contribution >= 4 is 9.84 Å². The molecule has 1 spiro atoms. The highest BCUT2D eigenvalue weighted by Crippen LogP contribution is 2.66. The van der Waals surface area contributed by atoms with Gasteiger partial charge in [-0.05, 0) is 38.1 Å². The molecule has 2 saturated carbocycles. The van der Waals surface area contributed by atoms with Gasteiger partial charge in [0.25, 0.3) is 0 Å². The fourth-order valence-corrected chi connectivity index (χ4v) is 4.23. The summed E-state index contributed by atoms with van der Waals surface area (Å²) < 4.78 is 22.8. The summed E-state index contributed by atoms with van der Waals surface area (Å²) in [5.74, 6) is 0. The molecule has 0 aliphatic heterocycles. The zero-order chi connectivity index (χ0) is 9.74. The third-order valence-electron chi connectivity index (χ3n) is 3.64. The molecule has 2 aliphatic rings. The van der Waals surface area contributed by atoms with Crippen molar-refractivity contribution in [2.45, 2.75) is 30.4 Å². The Labute approximate surface area is 79.8 Å². The first-order valence-corrected chi connectivity index (χ1v) is 6.67. The number of sulfone groups is 1. The highest BCUT2D eigenvalue weighted by Gasteiger charge is 2.64. The molecule has 2 fully saturated rings. The van der Waals surface area contributed by atoms with Gasteiger partial charge in [-0.1, -0.05) is 0 Å². The van der Waals surface area contributed by atoms with Gasteiger partial charge in [0.2, 0.25) is 0 Å². The first-order valence-electron chi connectivity index (χ1n) is 4.77. The van der Waals surface area contributed by atoms with Gasteiger partial charge in [-0.3, -0.25) is 0 Å². The van der Waals surface area contributed by atoms with Crippen LogP contribution in [-0.2, 0) is 9.84 Å². The molecule has 0 aromatic carbocycles. The predicted molar refractivity (Wildman–Crippen MR) is 52.4 cm³/mol. The Bertz CT molecular complexity index is 309. The van der Waals surface area contributed by atoms with Crippen LogP contribution in [0.25, 0.3) is 0 Å². The van der Waals surface area contributed by atoms with Crippen LogP contribution in [0.5, 0.6) is 0 Å². The van der Waals surface area contributed by atoms with E-state index < -0.39 is 14.6 Å². The fraction of sp³-hybridized carbons (Fsp3) is 1.00. The second kappa shape index (κ2) is 2.48. The number of hydrogen-bond acceptors (Lipinski definition) is 3. The van der Waals surface area contributed by atoms with E-state index in [0.29, 0.717) is 12.0 Å². The van der Waals surface area contributed by atoms with Crippen molar-refractivity contribution in [3.63, 3.8) is 0 Å². The standard InChI is InChI=1S/C9H17NO2S/c1-10-7-9(13(2,11)12)5-8(6-9)3-4-8/h10H,3-7H2,1-2H3. The summed E-state index contributed by atoms with van der Waals surface area (Å²) in [4.78, 5) is 0. The molecule has 0 aromatic rings. The average molecular weight is 203 g/mol. The topological polar surface area (TPSA) is 46.2 Å². The van der Waals surface area contributed by atoms with Crippen molar-refractivity contribution < 1.29 is 8.42 Å². The molecule has 0 bridgehead atoms. The van der Waals surface area contributed by atoms with Crippen molar-refractivity contribution in [3.05, 3.63) is 0 Å². The lowest BCUT2D eigenvalue weighted by Crippen LogP contribution is -2.56. The summed E-state index contributed by atoms with van der Waals surface area (Å²) in [5, 5.41) is 3.00. The van der Waals surface area contributed by atoms with E-state index in [1.165, 1.54) is 19.1 Å². The maximum Gasteiger partial charge on any atom is 0.154 e. The monoisotopic (exact) mass is 203 g/mol. The maximum absolute atomic E-state index is 11.6. The minimum absolute atomic E-state index is 0.432. The van der Waals surface area contributed by atoms with Crippen molar-refractivity contribution in [1.29, 1.82) is 0 Å². The Kier molecular flexibility index (Phi) is 1.81. The molecule has 76 valence electrons. The second-order valence-electron chi connectivity index (χ2n) is 4.84. The van der Waals surface area contributed by atoms with Gasteiger partial charge in [-0.15, -0.1) is 0 Å². The number of rotatable bonds is 3. The van der Waals surface area contributed by atoms with Gasteiger partial charge < -0.3 is 5.32 Å². The van der Waals surface area contributed by atoms with Gasteiger partial charge in [0.15, 0.2) is 9.84 Å². The summed E-state index contributed by atoms with van der Waals surface area (Å²) in [7, 11) is -1.06. The molecular formula is C9H17NO2S. The molecule has 3 nitrogen and oxygen atoms in total. The van der Waals surface area contributed by atoms with E-state index in [9.17, 15) is 8.42 Å². The maximum atomic E-state index is 11.6. The molecule has 0 unspecified atom stereocenters. The van der Waals surface area contributed by atoms with Crippen molar-refractivity contribution in [3.8, 4) is 0 Å². The van der Waals surface area contributed by atoms with Crippen LogP contribution in [0, 0.1) is 5.41 Å². The molecule has 0 aromatic heterocycles. The van der Waals surface area contributed by atoms with Gasteiger partial charge in [-0.2, -0.15) is 0 Å². The van der Waals surface area contributed by atoms with Gasteiger partial charge in [0.1, 0.15) is 0 Å². The highest BCUT2D eigenvalue weighted by molar-refractivity contribution is 7.92. The quantitative estimate of drug-likeness (QED) is 0.729. The molecule has 2 aliphatic carbocycles. The summed E-state index contributed by atoms with van der Waals surface area (Å²) in [6, 6.07) is 0. The lowest BCUT2D eigenvalue weighted by molar-refractivity contribution is 0.191. The van der Waals surface area contributed by atoms with Crippen molar-refractivity contribution in [1.82, 2.24) is 5.32 Å². The summed E-state index contributed by atoms with van der Waals surface area (Å²) in [6.07, 6.45) is 5.64. The first kappa shape index (κ1) is 9.46. The van der Waals surface area contributed by atoms with Crippen LogP contribution in [0.15, 0.2) is 0 Å². The summed E-state index contributed by atoms with van der Waals surface area (Å²) in [6.45, 7) is 0.619. The van der Waals surface area contributed by atoms with Crippen molar-refractivity contribution in [2.24, 2.45) is 5.41 Å². The van der Waals surface area contributed by atoms with E-state index in [2.05, 4.69) is 5.32 Å². The van der Waals surface area contributed by atoms with Gasteiger partial charge >= 0.3 is 0 Å². The minimum atomic E-state index is -2.88. The third kappa shape index (κ3) is 1.31. The Morgan fingerprint density at radius 2 is 1.85 bits per heavy atom. The number of nitrogens with one attached hydrogen (secondary N) is 1. The van der Waals surface area contributed by atoms with Gasteiger partial charge in [-0.25, -0.2) is 8.42 Å². The molecule has 0 amide bonds. The van der Waals surface area contributed by atoms with Gasteiger partial charge in [0, 0.05) is 12.8 Å². The molecule has 1 N–H and O–H groups in total. The lowest BCUT2D eigenvalue weighted by atomic mass is 9.71. The van der Waals surface area contributed by atoms with E-state index in [-0.39, 0.29) is 0 Å². The SMILES string of the molecule is CNCC1(S(C)(=O)=O)CC2(CC2)C1. The zero-order valence-corrected chi connectivity index (χ0v) is 9.08. The average Bonchev–Trinajstić information content (AvgIpc) is 2.63. The predicted octanol–water partition coefficient (Wildman–Crippen LogP) is 0.563. The van der Waals surface area contributed by atoms with E-state index >= 15 is 0 Å². The Morgan fingerprint density at radius 1 is 1.31 bits per heavy atom. The summed E-state index contributed by atoms with van der Waals surface area (Å²) in [5.41, 5.74) is 0.444. The van der Waals surface area contributed by atoms with Crippen LogP contribution in [0.1, 0.15) is 25.7 Å². The molecule has 13 heavy (non-hydrogen) atoms. The van der Waals surface area contributed by atoms with Crippen LogP contribution in [0.3, 0.4) is 0 Å².